The summed E-state index contributed by atoms with van der Waals surface area (Å²) in [5.74, 6) is -0.104. The maximum Gasteiger partial charge on any atom is 0.345 e. The van der Waals surface area contributed by atoms with Crippen molar-refractivity contribution in [2.75, 3.05) is 38.0 Å². The molecular formula is C25H23BrN4O3S. The molecule has 1 fully saturated rings. The molecule has 3 heterocycles. The number of halogens is 1. The van der Waals surface area contributed by atoms with Crippen molar-refractivity contribution in [3.63, 3.8) is 0 Å². The fraction of sp³-hybridized carbons (Fsp3) is 0.240. The number of rotatable bonds is 6. The smallest absolute Gasteiger partial charge is 0.345 e. The number of carbonyl (C=O) groups is 1. The van der Waals surface area contributed by atoms with Crippen LogP contribution < -0.4 is 10.9 Å². The first-order chi connectivity index (χ1) is 16.5. The second-order valence-corrected chi connectivity index (χ2v) is 10.0. The second-order valence-electron chi connectivity index (χ2n) is 8.25. The van der Waals surface area contributed by atoms with E-state index in [0.29, 0.717) is 28.5 Å². The van der Waals surface area contributed by atoms with Gasteiger partial charge in [-0.15, -0.1) is 11.3 Å². The zero-order chi connectivity index (χ0) is 23.5. The number of thiazole rings is 1. The summed E-state index contributed by atoms with van der Waals surface area (Å²) in [7, 11) is 0. The molecule has 4 aromatic rings. The third-order valence-electron chi connectivity index (χ3n) is 5.82. The summed E-state index contributed by atoms with van der Waals surface area (Å²) in [5, 5.41) is 5.93. The summed E-state index contributed by atoms with van der Waals surface area (Å²) in [5.41, 5.74) is 2.27. The van der Waals surface area contributed by atoms with Gasteiger partial charge in [-0.1, -0.05) is 46.3 Å². The molecule has 9 heteroatoms. The molecule has 34 heavy (non-hydrogen) atoms. The number of fused-ring (bicyclic) bond motifs is 1. The van der Waals surface area contributed by atoms with Crippen LogP contribution in [0.25, 0.3) is 22.2 Å². The minimum Gasteiger partial charge on any atom is -0.422 e. The third-order valence-corrected chi connectivity index (χ3v) is 7.11. The number of piperazine rings is 1. The zero-order valence-corrected chi connectivity index (χ0v) is 20.8. The van der Waals surface area contributed by atoms with E-state index in [4.69, 9.17) is 4.42 Å². The molecule has 0 aliphatic carbocycles. The van der Waals surface area contributed by atoms with Gasteiger partial charge >= 0.3 is 5.63 Å². The van der Waals surface area contributed by atoms with Crippen molar-refractivity contribution in [3.05, 3.63) is 80.4 Å². The Morgan fingerprint density at radius 3 is 2.59 bits per heavy atom. The van der Waals surface area contributed by atoms with Crippen LogP contribution in [0.1, 0.15) is 5.56 Å². The van der Waals surface area contributed by atoms with Crippen molar-refractivity contribution >= 4 is 49.3 Å². The summed E-state index contributed by atoms with van der Waals surface area (Å²) in [4.78, 5) is 34.0. The van der Waals surface area contributed by atoms with Crippen LogP contribution in [0.2, 0.25) is 0 Å². The Labute approximate surface area is 209 Å². The molecular weight excluding hydrogens is 516 g/mol. The van der Waals surface area contributed by atoms with Crippen LogP contribution in [0.5, 0.6) is 0 Å². The lowest BCUT2D eigenvalue weighted by molar-refractivity contribution is -0.117. The first-order valence-corrected chi connectivity index (χ1v) is 12.7. The Morgan fingerprint density at radius 2 is 1.79 bits per heavy atom. The second kappa shape index (κ2) is 10.2. The Bertz CT molecular complexity index is 1360. The standard InChI is InChI=1S/C25H23BrN4O3S/c26-19-7-5-17(6-8-19)14-29-9-11-30(12-10-29)15-23(31)28-25-27-21(16-34-25)20-13-18-3-1-2-4-22(18)33-24(20)32/h1-8,13,16H,9-12,14-15H2,(H,27,28,31). The molecule has 0 radical (unpaired) electrons. The van der Waals surface area contributed by atoms with Crippen LogP contribution in [0.15, 0.2) is 73.7 Å². The van der Waals surface area contributed by atoms with Crippen LogP contribution in [-0.2, 0) is 11.3 Å². The van der Waals surface area contributed by atoms with Gasteiger partial charge in [0.15, 0.2) is 5.13 Å². The van der Waals surface area contributed by atoms with Crippen LogP contribution in [0, 0.1) is 0 Å². The molecule has 1 aliphatic rings. The number of nitrogens with zero attached hydrogens (tertiary/aromatic N) is 3. The quantitative estimate of drug-likeness (QED) is 0.366. The number of carbonyl (C=O) groups excluding carboxylic acids is 1. The number of amides is 1. The van der Waals surface area contributed by atoms with E-state index in [0.717, 1.165) is 42.6 Å². The predicted octanol–water partition coefficient (Wildman–Crippen LogP) is 4.44. The van der Waals surface area contributed by atoms with E-state index in [2.05, 4.69) is 60.3 Å². The molecule has 1 amide bonds. The lowest BCUT2D eigenvalue weighted by Gasteiger charge is -2.34. The molecule has 2 aromatic carbocycles. The van der Waals surface area contributed by atoms with Crippen molar-refractivity contribution in [1.82, 2.24) is 14.8 Å². The number of hydrogen-bond acceptors (Lipinski definition) is 7. The van der Waals surface area contributed by atoms with E-state index in [1.165, 1.54) is 16.9 Å². The summed E-state index contributed by atoms with van der Waals surface area (Å²) in [6.45, 7) is 4.75. The highest BCUT2D eigenvalue weighted by Gasteiger charge is 2.20. The molecule has 2 aromatic heterocycles. The fourth-order valence-corrected chi connectivity index (χ4v) is 5.00. The molecule has 0 bridgehead atoms. The van der Waals surface area contributed by atoms with Gasteiger partial charge in [0.1, 0.15) is 5.58 Å². The molecule has 0 unspecified atom stereocenters. The first-order valence-electron chi connectivity index (χ1n) is 11.0. The molecule has 1 aliphatic heterocycles. The number of para-hydroxylation sites is 1. The number of anilines is 1. The molecule has 0 saturated carbocycles. The lowest BCUT2D eigenvalue weighted by Crippen LogP contribution is -2.48. The van der Waals surface area contributed by atoms with Gasteiger partial charge in [-0.25, -0.2) is 9.78 Å². The minimum atomic E-state index is -0.442. The van der Waals surface area contributed by atoms with Gasteiger partial charge in [0.2, 0.25) is 5.91 Å². The number of benzene rings is 2. The summed E-state index contributed by atoms with van der Waals surface area (Å²) in [6.07, 6.45) is 0. The van der Waals surface area contributed by atoms with Crippen molar-refractivity contribution in [2.45, 2.75) is 6.54 Å². The van der Waals surface area contributed by atoms with Gasteiger partial charge in [0.05, 0.1) is 17.8 Å². The number of nitrogens with one attached hydrogen (secondary N) is 1. The van der Waals surface area contributed by atoms with E-state index in [1.54, 1.807) is 17.5 Å². The van der Waals surface area contributed by atoms with Crippen molar-refractivity contribution in [3.8, 4) is 11.3 Å². The van der Waals surface area contributed by atoms with Crippen LogP contribution >= 0.6 is 27.3 Å². The Balaban J connectivity index is 1.15. The van der Waals surface area contributed by atoms with Gasteiger partial charge in [0.25, 0.3) is 0 Å². The fourth-order valence-electron chi connectivity index (χ4n) is 4.01. The van der Waals surface area contributed by atoms with Crippen molar-refractivity contribution < 1.29 is 9.21 Å². The van der Waals surface area contributed by atoms with Crippen LogP contribution in [0.3, 0.4) is 0 Å². The van der Waals surface area contributed by atoms with Gasteiger partial charge in [-0.05, 0) is 29.8 Å². The molecule has 0 atom stereocenters. The zero-order valence-electron chi connectivity index (χ0n) is 18.4. The average Bonchev–Trinajstić information content (AvgIpc) is 3.29. The van der Waals surface area contributed by atoms with E-state index >= 15 is 0 Å². The van der Waals surface area contributed by atoms with E-state index < -0.39 is 5.63 Å². The molecule has 7 nitrogen and oxygen atoms in total. The third kappa shape index (κ3) is 5.44. The van der Waals surface area contributed by atoms with E-state index in [-0.39, 0.29) is 5.91 Å². The molecule has 0 spiro atoms. The molecule has 1 saturated heterocycles. The predicted molar refractivity (Wildman–Crippen MR) is 138 cm³/mol. The Hall–Kier alpha value is -2.85. The highest BCUT2D eigenvalue weighted by Crippen LogP contribution is 2.25. The van der Waals surface area contributed by atoms with Gasteiger partial charge in [-0.3, -0.25) is 14.6 Å². The largest absolute Gasteiger partial charge is 0.422 e. The topological polar surface area (TPSA) is 78.7 Å². The lowest BCUT2D eigenvalue weighted by atomic mass is 10.1. The molecule has 174 valence electrons. The van der Waals surface area contributed by atoms with Gasteiger partial charge in [0, 0.05) is 48.0 Å². The number of aromatic nitrogens is 1. The van der Waals surface area contributed by atoms with Gasteiger partial charge < -0.3 is 9.73 Å². The first kappa shape index (κ1) is 22.9. The summed E-state index contributed by atoms with van der Waals surface area (Å²) >= 11 is 4.77. The normalized spacial score (nSPS) is 15.0. The van der Waals surface area contributed by atoms with Crippen LogP contribution in [0.4, 0.5) is 5.13 Å². The van der Waals surface area contributed by atoms with Crippen molar-refractivity contribution in [1.29, 1.82) is 0 Å². The highest BCUT2D eigenvalue weighted by atomic mass is 79.9. The molecule has 5 rings (SSSR count). The van der Waals surface area contributed by atoms with Crippen LogP contribution in [-0.4, -0.2) is 53.4 Å². The monoisotopic (exact) mass is 538 g/mol. The minimum absolute atomic E-state index is 0.104. The maximum atomic E-state index is 12.6. The Morgan fingerprint density at radius 1 is 1.06 bits per heavy atom. The Kier molecular flexibility index (Phi) is 6.87. The summed E-state index contributed by atoms with van der Waals surface area (Å²) in [6, 6.07) is 17.5. The van der Waals surface area contributed by atoms with E-state index in [9.17, 15) is 9.59 Å². The number of hydrogen-bond donors (Lipinski definition) is 1. The van der Waals surface area contributed by atoms with Gasteiger partial charge in [-0.2, -0.15) is 0 Å². The van der Waals surface area contributed by atoms with E-state index in [1.807, 2.05) is 18.2 Å². The average molecular weight is 539 g/mol. The summed E-state index contributed by atoms with van der Waals surface area (Å²) < 4.78 is 6.48. The van der Waals surface area contributed by atoms with Crippen molar-refractivity contribution in [2.24, 2.45) is 0 Å². The maximum absolute atomic E-state index is 12.6. The highest BCUT2D eigenvalue weighted by molar-refractivity contribution is 9.10. The molecule has 1 N–H and O–H groups in total. The SMILES string of the molecule is O=C(CN1CCN(Cc2ccc(Br)cc2)CC1)Nc1nc(-c2cc3ccccc3oc2=O)cs1.